The third-order valence-electron chi connectivity index (χ3n) is 2.96. The minimum absolute atomic E-state index is 0.0704. The number of hydrogen-bond donors (Lipinski definition) is 2. The Labute approximate surface area is 119 Å². The summed E-state index contributed by atoms with van der Waals surface area (Å²) in [5.74, 6) is -1.15. The molecule has 100 valence electrons. The zero-order chi connectivity index (χ0) is 14.4. The first-order valence-electron chi connectivity index (χ1n) is 5.46. The number of nitro groups is 1. The number of nitrogens with zero attached hydrogens (tertiary/aromatic N) is 2. The van der Waals surface area contributed by atoms with Gasteiger partial charge in [-0.2, -0.15) is 0 Å². The number of aromatic nitrogens is 2. The second-order valence-corrected chi connectivity index (χ2v) is 5.01. The summed E-state index contributed by atoms with van der Waals surface area (Å²) < 4.78 is 0.537. The third kappa shape index (κ3) is 1.81. The number of fused-ring (bicyclic) bond motifs is 3. The van der Waals surface area contributed by atoms with E-state index in [1.807, 2.05) is 0 Å². The molecule has 20 heavy (non-hydrogen) atoms. The Morgan fingerprint density at radius 2 is 2.10 bits per heavy atom. The van der Waals surface area contributed by atoms with Crippen LogP contribution in [0, 0.1) is 10.1 Å². The van der Waals surface area contributed by atoms with E-state index < -0.39 is 10.9 Å². The van der Waals surface area contributed by atoms with E-state index >= 15 is 0 Å². The second-order valence-electron chi connectivity index (χ2n) is 4.15. The van der Waals surface area contributed by atoms with E-state index in [0.29, 0.717) is 26.3 Å². The number of carboxylic acids is 1. The Balaban J connectivity index is 2.43. The van der Waals surface area contributed by atoms with Crippen LogP contribution in [-0.4, -0.2) is 26.0 Å². The van der Waals surface area contributed by atoms with E-state index in [2.05, 4.69) is 25.9 Å². The highest BCUT2D eigenvalue weighted by molar-refractivity contribution is 9.10. The van der Waals surface area contributed by atoms with Crippen LogP contribution < -0.4 is 0 Å². The monoisotopic (exact) mass is 335 g/mol. The Kier molecular flexibility index (Phi) is 2.68. The maximum atomic E-state index is 11.0. The normalized spacial score (nSPS) is 11.1. The molecule has 0 aliphatic carbocycles. The lowest BCUT2D eigenvalue weighted by Gasteiger charge is -1.96. The third-order valence-corrected chi connectivity index (χ3v) is 3.58. The van der Waals surface area contributed by atoms with Crippen molar-refractivity contribution < 1.29 is 14.8 Å². The summed E-state index contributed by atoms with van der Waals surface area (Å²) in [4.78, 5) is 28.2. The predicted molar refractivity (Wildman–Crippen MR) is 74.9 cm³/mol. The molecule has 3 aromatic rings. The van der Waals surface area contributed by atoms with E-state index in [-0.39, 0.29) is 11.4 Å². The quantitative estimate of drug-likeness (QED) is 0.552. The van der Waals surface area contributed by atoms with Crippen molar-refractivity contribution in [3.63, 3.8) is 0 Å². The largest absolute Gasteiger partial charge is 0.477 e. The first-order chi connectivity index (χ1) is 9.47. The Morgan fingerprint density at radius 1 is 1.35 bits per heavy atom. The first kappa shape index (κ1) is 12.5. The highest BCUT2D eigenvalue weighted by atomic mass is 79.9. The number of nitro benzene ring substituents is 1. The average molecular weight is 336 g/mol. The number of hydrogen-bond acceptors (Lipinski definition) is 4. The van der Waals surface area contributed by atoms with Crippen molar-refractivity contribution in [1.82, 2.24) is 9.97 Å². The molecule has 0 aliphatic rings. The molecule has 1 aromatic carbocycles. The van der Waals surface area contributed by atoms with Crippen molar-refractivity contribution in [2.24, 2.45) is 0 Å². The minimum Gasteiger partial charge on any atom is -0.477 e. The SMILES string of the molecule is O=C(O)c1cc2c(cn1)[nH]c1c(Br)cc([N+](=O)[O-])cc12. The van der Waals surface area contributed by atoms with Crippen LogP contribution in [-0.2, 0) is 0 Å². The Hall–Kier alpha value is -2.48. The van der Waals surface area contributed by atoms with Crippen LogP contribution in [0.4, 0.5) is 5.69 Å². The molecule has 0 saturated carbocycles. The molecule has 3 rings (SSSR count). The zero-order valence-corrected chi connectivity index (χ0v) is 11.3. The number of pyridine rings is 1. The Bertz CT molecular complexity index is 887. The average Bonchev–Trinajstić information content (AvgIpc) is 2.77. The molecule has 2 aromatic heterocycles. The van der Waals surface area contributed by atoms with Crippen molar-refractivity contribution in [3.8, 4) is 0 Å². The van der Waals surface area contributed by atoms with Gasteiger partial charge in [0, 0.05) is 27.4 Å². The van der Waals surface area contributed by atoms with Gasteiger partial charge in [0.1, 0.15) is 5.69 Å². The molecule has 0 unspecified atom stereocenters. The van der Waals surface area contributed by atoms with Crippen molar-refractivity contribution in [2.75, 3.05) is 0 Å². The van der Waals surface area contributed by atoms with Crippen LogP contribution in [0.25, 0.3) is 21.8 Å². The van der Waals surface area contributed by atoms with Gasteiger partial charge in [0.2, 0.25) is 0 Å². The summed E-state index contributed by atoms with van der Waals surface area (Å²) >= 11 is 3.27. The maximum Gasteiger partial charge on any atom is 0.354 e. The molecule has 7 nitrogen and oxygen atoms in total. The molecule has 0 fully saturated rings. The highest BCUT2D eigenvalue weighted by Crippen LogP contribution is 2.34. The number of nitrogens with one attached hydrogen (secondary N) is 1. The van der Waals surface area contributed by atoms with E-state index in [1.54, 1.807) is 0 Å². The molecule has 0 radical (unpaired) electrons. The molecular formula is C12H6BrN3O4. The van der Waals surface area contributed by atoms with Crippen LogP contribution in [0.1, 0.15) is 10.5 Å². The lowest BCUT2D eigenvalue weighted by atomic mass is 10.1. The van der Waals surface area contributed by atoms with Gasteiger partial charge in [0.15, 0.2) is 0 Å². The van der Waals surface area contributed by atoms with Gasteiger partial charge in [-0.15, -0.1) is 0 Å². The fourth-order valence-corrected chi connectivity index (χ4v) is 2.61. The number of halogens is 1. The van der Waals surface area contributed by atoms with Crippen molar-refractivity contribution in [1.29, 1.82) is 0 Å². The number of carboxylic acid groups (broad SMARTS) is 1. The second kappa shape index (κ2) is 4.27. The van der Waals surface area contributed by atoms with Crippen LogP contribution in [0.2, 0.25) is 0 Å². The fraction of sp³-hybridized carbons (Fsp3) is 0. The van der Waals surface area contributed by atoms with Crippen molar-refractivity contribution in [3.05, 3.63) is 44.7 Å². The minimum atomic E-state index is -1.15. The van der Waals surface area contributed by atoms with Crippen LogP contribution in [0.15, 0.2) is 28.9 Å². The topological polar surface area (TPSA) is 109 Å². The summed E-state index contributed by atoms with van der Waals surface area (Å²) in [6.07, 6.45) is 1.40. The van der Waals surface area contributed by atoms with E-state index in [9.17, 15) is 14.9 Å². The van der Waals surface area contributed by atoms with Crippen LogP contribution in [0.3, 0.4) is 0 Å². The molecule has 0 amide bonds. The predicted octanol–water partition coefficient (Wildman–Crippen LogP) is 3.09. The number of aromatic amines is 1. The molecule has 2 N–H and O–H groups in total. The highest BCUT2D eigenvalue weighted by Gasteiger charge is 2.16. The smallest absolute Gasteiger partial charge is 0.354 e. The summed E-state index contributed by atoms with van der Waals surface area (Å²) in [6, 6.07) is 4.19. The number of non-ortho nitro benzene ring substituents is 1. The molecular weight excluding hydrogens is 330 g/mol. The van der Waals surface area contributed by atoms with Crippen LogP contribution in [0.5, 0.6) is 0 Å². The molecule has 2 heterocycles. The van der Waals surface area contributed by atoms with Gasteiger partial charge in [0.25, 0.3) is 5.69 Å². The number of rotatable bonds is 2. The van der Waals surface area contributed by atoms with E-state index in [1.165, 1.54) is 24.4 Å². The molecule has 0 aliphatic heterocycles. The lowest BCUT2D eigenvalue weighted by Crippen LogP contribution is -1.98. The fourth-order valence-electron chi connectivity index (χ4n) is 2.07. The number of carbonyl (C=O) groups is 1. The van der Waals surface area contributed by atoms with Crippen molar-refractivity contribution >= 4 is 49.4 Å². The number of H-pyrrole nitrogens is 1. The summed E-state index contributed by atoms with van der Waals surface area (Å²) in [6.45, 7) is 0. The maximum absolute atomic E-state index is 11.0. The van der Waals surface area contributed by atoms with E-state index in [0.717, 1.165) is 0 Å². The van der Waals surface area contributed by atoms with Gasteiger partial charge < -0.3 is 10.1 Å². The molecule has 0 atom stereocenters. The van der Waals surface area contributed by atoms with Gasteiger partial charge in [-0.3, -0.25) is 10.1 Å². The van der Waals surface area contributed by atoms with Gasteiger partial charge in [0.05, 0.1) is 22.2 Å². The van der Waals surface area contributed by atoms with Gasteiger partial charge in [-0.25, -0.2) is 9.78 Å². The zero-order valence-electron chi connectivity index (χ0n) is 9.75. The standard InChI is InChI=1S/C12H6BrN3O4/c13-8-2-5(16(19)20)1-7-6-3-9(12(17)18)14-4-10(6)15-11(7)8/h1-4,15H,(H,17,18). The lowest BCUT2D eigenvalue weighted by molar-refractivity contribution is -0.384. The van der Waals surface area contributed by atoms with Crippen molar-refractivity contribution in [2.45, 2.75) is 0 Å². The molecule has 0 spiro atoms. The first-order valence-corrected chi connectivity index (χ1v) is 6.25. The molecule has 8 heteroatoms. The summed E-state index contributed by atoms with van der Waals surface area (Å²) in [5, 5.41) is 21.0. The molecule has 0 bridgehead atoms. The summed E-state index contributed by atoms with van der Waals surface area (Å²) in [5.41, 5.74) is 1.10. The van der Waals surface area contributed by atoms with Gasteiger partial charge >= 0.3 is 5.97 Å². The van der Waals surface area contributed by atoms with Gasteiger partial charge in [-0.1, -0.05) is 0 Å². The Morgan fingerprint density at radius 3 is 2.75 bits per heavy atom. The summed E-state index contributed by atoms with van der Waals surface area (Å²) in [7, 11) is 0. The van der Waals surface area contributed by atoms with Gasteiger partial charge in [-0.05, 0) is 22.0 Å². The number of aromatic carboxylic acids is 1. The number of benzene rings is 1. The van der Waals surface area contributed by atoms with Crippen LogP contribution >= 0.6 is 15.9 Å². The van der Waals surface area contributed by atoms with E-state index in [4.69, 9.17) is 5.11 Å². The molecule has 0 saturated heterocycles.